The second-order valence-corrected chi connectivity index (χ2v) is 5.17. The molecule has 0 bridgehead atoms. The molecule has 1 aromatic carbocycles. The molecule has 110 valence electrons. The van der Waals surface area contributed by atoms with E-state index in [-0.39, 0.29) is 5.91 Å². The SMILES string of the molecule is CN(CCCC1CCCO1)C(=O)c1ccc(F)c(O)c1. The molecule has 1 N–H and O–H groups in total. The number of nitrogens with zero attached hydrogens (tertiary/aromatic N) is 1. The molecule has 20 heavy (non-hydrogen) atoms. The first kappa shape index (κ1) is 14.8. The minimum Gasteiger partial charge on any atom is -0.505 e. The van der Waals surface area contributed by atoms with Crippen molar-refractivity contribution in [3.63, 3.8) is 0 Å². The first-order chi connectivity index (χ1) is 9.58. The number of benzene rings is 1. The van der Waals surface area contributed by atoms with E-state index in [0.29, 0.717) is 18.2 Å². The van der Waals surface area contributed by atoms with Gasteiger partial charge >= 0.3 is 0 Å². The molecule has 1 aromatic rings. The van der Waals surface area contributed by atoms with Crippen molar-refractivity contribution in [2.75, 3.05) is 20.2 Å². The standard InChI is InChI=1S/C15H20FNO3/c1-17(8-2-4-12-5-3-9-20-12)15(19)11-6-7-13(16)14(18)10-11/h6-7,10,12,18H,2-5,8-9H2,1H3. The van der Waals surface area contributed by atoms with E-state index in [4.69, 9.17) is 4.74 Å². The van der Waals surface area contributed by atoms with E-state index in [1.165, 1.54) is 6.07 Å². The van der Waals surface area contributed by atoms with Crippen LogP contribution in [-0.4, -0.2) is 42.2 Å². The lowest BCUT2D eigenvalue weighted by molar-refractivity contribution is 0.0762. The predicted molar refractivity (Wildman–Crippen MR) is 73.2 cm³/mol. The summed E-state index contributed by atoms with van der Waals surface area (Å²) in [4.78, 5) is 13.7. The largest absolute Gasteiger partial charge is 0.505 e. The quantitative estimate of drug-likeness (QED) is 0.902. The number of rotatable bonds is 5. The molecule has 0 aliphatic carbocycles. The van der Waals surface area contributed by atoms with Crippen LogP contribution in [0.15, 0.2) is 18.2 Å². The highest BCUT2D eigenvalue weighted by Gasteiger charge is 2.17. The van der Waals surface area contributed by atoms with Crippen LogP contribution in [0.4, 0.5) is 4.39 Å². The molecule has 0 spiro atoms. The topological polar surface area (TPSA) is 49.8 Å². The number of carbonyl (C=O) groups excluding carboxylic acids is 1. The molecule has 1 atom stereocenters. The van der Waals surface area contributed by atoms with E-state index in [1.807, 2.05) is 0 Å². The van der Waals surface area contributed by atoms with Gasteiger partial charge in [0.15, 0.2) is 11.6 Å². The highest BCUT2D eigenvalue weighted by Crippen LogP contribution is 2.19. The van der Waals surface area contributed by atoms with Crippen LogP contribution in [0.3, 0.4) is 0 Å². The van der Waals surface area contributed by atoms with Gasteiger partial charge in [0.05, 0.1) is 6.10 Å². The van der Waals surface area contributed by atoms with Gasteiger partial charge in [-0.2, -0.15) is 0 Å². The number of halogens is 1. The van der Waals surface area contributed by atoms with Crippen LogP contribution in [0.5, 0.6) is 5.75 Å². The van der Waals surface area contributed by atoms with Crippen molar-refractivity contribution < 1.29 is 19.0 Å². The Bertz CT molecular complexity index is 472. The third-order valence-electron chi connectivity index (χ3n) is 3.58. The van der Waals surface area contributed by atoms with Crippen molar-refractivity contribution in [3.8, 4) is 5.75 Å². The molecule has 1 heterocycles. The first-order valence-electron chi connectivity index (χ1n) is 6.93. The van der Waals surface area contributed by atoms with Gasteiger partial charge in [0.25, 0.3) is 5.91 Å². The number of carbonyl (C=O) groups is 1. The summed E-state index contributed by atoms with van der Waals surface area (Å²) in [5.74, 6) is -1.43. The average Bonchev–Trinajstić information content (AvgIpc) is 2.94. The Morgan fingerprint density at radius 1 is 1.55 bits per heavy atom. The minimum atomic E-state index is -0.720. The Hall–Kier alpha value is -1.62. The van der Waals surface area contributed by atoms with Crippen LogP contribution in [0.25, 0.3) is 0 Å². The summed E-state index contributed by atoms with van der Waals surface area (Å²) in [5, 5.41) is 9.29. The van der Waals surface area contributed by atoms with Crippen molar-refractivity contribution >= 4 is 5.91 Å². The maximum absolute atomic E-state index is 12.9. The molecular weight excluding hydrogens is 261 g/mol. The second kappa shape index (κ2) is 6.70. The average molecular weight is 281 g/mol. The van der Waals surface area contributed by atoms with Gasteiger partial charge in [-0.25, -0.2) is 4.39 Å². The molecule has 0 aromatic heterocycles. The van der Waals surface area contributed by atoms with Gasteiger partial charge in [-0.05, 0) is 43.9 Å². The van der Waals surface area contributed by atoms with Gasteiger partial charge in [0.2, 0.25) is 0 Å². The number of phenols is 1. The lowest BCUT2D eigenvalue weighted by Gasteiger charge is -2.18. The highest BCUT2D eigenvalue weighted by atomic mass is 19.1. The monoisotopic (exact) mass is 281 g/mol. The van der Waals surface area contributed by atoms with Crippen molar-refractivity contribution in [1.29, 1.82) is 0 Å². The van der Waals surface area contributed by atoms with Crippen molar-refractivity contribution in [2.45, 2.75) is 31.8 Å². The molecular formula is C15H20FNO3. The number of ether oxygens (including phenoxy) is 1. The molecule has 5 heteroatoms. The highest BCUT2D eigenvalue weighted by molar-refractivity contribution is 5.94. The van der Waals surface area contributed by atoms with E-state index in [1.54, 1.807) is 11.9 Å². The Labute approximate surface area is 118 Å². The fraction of sp³-hybridized carbons (Fsp3) is 0.533. The zero-order valence-corrected chi connectivity index (χ0v) is 11.6. The van der Waals surface area contributed by atoms with Crippen LogP contribution < -0.4 is 0 Å². The summed E-state index contributed by atoms with van der Waals surface area (Å²) in [5.41, 5.74) is 0.295. The van der Waals surface area contributed by atoms with Gasteiger partial charge in [0.1, 0.15) is 0 Å². The Morgan fingerprint density at radius 2 is 2.35 bits per heavy atom. The fourth-order valence-electron chi connectivity index (χ4n) is 2.40. The van der Waals surface area contributed by atoms with Gasteiger partial charge in [-0.15, -0.1) is 0 Å². The Morgan fingerprint density at radius 3 is 3.00 bits per heavy atom. The Balaban J connectivity index is 1.82. The third kappa shape index (κ3) is 3.70. The van der Waals surface area contributed by atoms with Gasteiger partial charge in [-0.3, -0.25) is 4.79 Å². The van der Waals surface area contributed by atoms with Crippen molar-refractivity contribution in [3.05, 3.63) is 29.6 Å². The molecule has 1 aliphatic rings. The number of hydrogen-bond donors (Lipinski definition) is 1. The summed E-state index contributed by atoms with van der Waals surface area (Å²) < 4.78 is 18.5. The van der Waals surface area contributed by atoms with Crippen molar-refractivity contribution in [2.24, 2.45) is 0 Å². The second-order valence-electron chi connectivity index (χ2n) is 5.17. The summed E-state index contributed by atoms with van der Waals surface area (Å²) >= 11 is 0. The summed E-state index contributed by atoms with van der Waals surface area (Å²) in [6, 6.07) is 3.64. The van der Waals surface area contributed by atoms with E-state index < -0.39 is 11.6 Å². The van der Waals surface area contributed by atoms with E-state index >= 15 is 0 Å². The zero-order chi connectivity index (χ0) is 14.5. The first-order valence-corrected chi connectivity index (χ1v) is 6.93. The predicted octanol–water partition coefficient (Wildman–Crippen LogP) is 2.56. The van der Waals surface area contributed by atoms with E-state index in [0.717, 1.165) is 44.4 Å². The molecule has 0 radical (unpaired) electrons. The maximum Gasteiger partial charge on any atom is 0.253 e. The molecule has 4 nitrogen and oxygen atoms in total. The van der Waals surface area contributed by atoms with Gasteiger partial charge in [-0.1, -0.05) is 0 Å². The fourth-order valence-corrected chi connectivity index (χ4v) is 2.40. The van der Waals surface area contributed by atoms with Crippen LogP contribution in [-0.2, 0) is 4.74 Å². The molecule has 1 saturated heterocycles. The normalized spacial score (nSPS) is 18.2. The lowest BCUT2D eigenvalue weighted by atomic mass is 10.1. The molecule has 2 rings (SSSR count). The zero-order valence-electron chi connectivity index (χ0n) is 11.6. The van der Waals surface area contributed by atoms with Crippen LogP contribution in [0.1, 0.15) is 36.0 Å². The van der Waals surface area contributed by atoms with Crippen LogP contribution in [0.2, 0.25) is 0 Å². The number of hydrogen-bond acceptors (Lipinski definition) is 3. The molecule has 1 amide bonds. The Kier molecular flexibility index (Phi) is 4.95. The molecule has 1 unspecified atom stereocenters. The smallest absolute Gasteiger partial charge is 0.253 e. The minimum absolute atomic E-state index is 0.215. The summed E-state index contributed by atoms with van der Waals surface area (Å²) in [7, 11) is 1.71. The van der Waals surface area contributed by atoms with E-state index in [9.17, 15) is 14.3 Å². The number of aromatic hydroxyl groups is 1. The lowest BCUT2D eigenvalue weighted by Crippen LogP contribution is -2.28. The third-order valence-corrected chi connectivity index (χ3v) is 3.58. The van der Waals surface area contributed by atoms with Gasteiger partial charge in [0, 0.05) is 25.8 Å². The molecule has 1 fully saturated rings. The van der Waals surface area contributed by atoms with E-state index in [2.05, 4.69) is 0 Å². The van der Waals surface area contributed by atoms with Crippen molar-refractivity contribution in [1.82, 2.24) is 4.90 Å². The maximum atomic E-state index is 12.9. The summed E-state index contributed by atoms with van der Waals surface area (Å²) in [6.07, 6.45) is 4.37. The summed E-state index contributed by atoms with van der Waals surface area (Å²) in [6.45, 7) is 1.46. The molecule has 1 aliphatic heterocycles. The van der Waals surface area contributed by atoms with Gasteiger partial charge < -0.3 is 14.7 Å². The van der Waals surface area contributed by atoms with Crippen LogP contribution >= 0.6 is 0 Å². The van der Waals surface area contributed by atoms with Crippen LogP contribution in [0, 0.1) is 5.82 Å². The number of phenolic OH excluding ortho intramolecular Hbond substituents is 1. The molecule has 0 saturated carbocycles. The number of amides is 1.